The molecule has 2 N–H and O–H groups in total. The lowest BCUT2D eigenvalue weighted by molar-refractivity contribution is -0.179. The van der Waals surface area contributed by atoms with Crippen LogP contribution in [0.3, 0.4) is 0 Å². The average Bonchev–Trinajstić information content (AvgIpc) is 3.02. The maximum atomic E-state index is 12.6. The SMILES string of the molecule is C[C@@]12C[C@H](O)C(=O)[C@@](C)(CO)[C@H]1CC[C@]1(C)c3cocc3CC[C@@H]21. The highest BCUT2D eigenvalue weighted by atomic mass is 16.3. The van der Waals surface area contributed by atoms with Crippen LogP contribution in [0.2, 0.25) is 0 Å². The van der Waals surface area contributed by atoms with Gasteiger partial charge in [0.2, 0.25) is 0 Å². The summed E-state index contributed by atoms with van der Waals surface area (Å²) in [6, 6.07) is 0. The Morgan fingerprint density at radius 1 is 1.21 bits per heavy atom. The van der Waals surface area contributed by atoms with Gasteiger partial charge in [-0.3, -0.25) is 4.79 Å². The highest BCUT2D eigenvalue weighted by molar-refractivity contribution is 5.90. The minimum Gasteiger partial charge on any atom is -0.472 e. The van der Waals surface area contributed by atoms with E-state index in [0.717, 1.165) is 25.7 Å². The molecule has 3 aliphatic rings. The fraction of sp³-hybridized carbons (Fsp3) is 0.750. The second kappa shape index (κ2) is 4.95. The normalized spacial score (nSPS) is 47.7. The van der Waals surface area contributed by atoms with Gasteiger partial charge in [-0.25, -0.2) is 0 Å². The predicted molar refractivity (Wildman–Crippen MR) is 89.5 cm³/mol. The first-order valence-corrected chi connectivity index (χ1v) is 9.16. The first-order chi connectivity index (χ1) is 11.3. The van der Waals surface area contributed by atoms with Gasteiger partial charge in [0.15, 0.2) is 5.78 Å². The van der Waals surface area contributed by atoms with Crippen LogP contribution >= 0.6 is 0 Å². The van der Waals surface area contributed by atoms with E-state index >= 15 is 0 Å². The van der Waals surface area contributed by atoms with E-state index in [2.05, 4.69) is 13.8 Å². The molecule has 1 heterocycles. The molecule has 132 valence electrons. The lowest BCUT2D eigenvalue weighted by Crippen LogP contribution is -2.64. The molecule has 4 heteroatoms. The van der Waals surface area contributed by atoms with Crippen molar-refractivity contribution in [1.82, 2.24) is 0 Å². The van der Waals surface area contributed by atoms with Gasteiger partial charge in [-0.15, -0.1) is 0 Å². The Bertz CT molecular complexity index is 679. The van der Waals surface area contributed by atoms with Crippen molar-refractivity contribution in [2.45, 2.75) is 64.4 Å². The van der Waals surface area contributed by atoms with Gasteiger partial charge >= 0.3 is 0 Å². The first-order valence-electron chi connectivity index (χ1n) is 9.16. The number of fused-ring (bicyclic) bond motifs is 5. The maximum absolute atomic E-state index is 12.6. The molecule has 2 fully saturated rings. The van der Waals surface area contributed by atoms with Gasteiger partial charge in [0.25, 0.3) is 0 Å². The fourth-order valence-corrected chi connectivity index (χ4v) is 6.79. The molecule has 3 aliphatic carbocycles. The van der Waals surface area contributed by atoms with Crippen molar-refractivity contribution in [2.75, 3.05) is 6.61 Å². The Morgan fingerprint density at radius 2 is 1.96 bits per heavy atom. The fourth-order valence-electron chi connectivity index (χ4n) is 6.79. The maximum Gasteiger partial charge on any atom is 0.169 e. The molecule has 1 aromatic heterocycles. The number of aliphatic hydroxyl groups excluding tert-OH is 2. The second-order valence-electron chi connectivity index (χ2n) is 9.08. The average molecular weight is 332 g/mol. The summed E-state index contributed by atoms with van der Waals surface area (Å²) in [6.07, 6.45) is 7.29. The number of hydrogen-bond donors (Lipinski definition) is 2. The highest BCUT2D eigenvalue weighted by Gasteiger charge is 2.64. The Hall–Kier alpha value is -1.13. The third-order valence-electron chi connectivity index (χ3n) is 7.97. The van der Waals surface area contributed by atoms with Crippen LogP contribution in [0, 0.1) is 22.7 Å². The number of rotatable bonds is 1. The molecule has 0 unspecified atom stereocenters. The van der Waals surface area contributed by atoms with Crippen molar-refractivity contribution in [2.24, 2.45) is 22.7 Å². The van der Waals surface area contributed by atoms with Gasteiger partial charge in [0.1, 0.15) is 6.10 Å². The van der Waals surface area contributed by atoms with Crippen molar-refractivity contribution in [1.29, 1.82) is 0 Å². The first kappa shape index (κ1) is 16.3. The summed E-state index contributed by atoms with van der Waals surface area (Å²) in [5, 5.41) is 20.5. The number of furan rings is 1. The molecule has 0 radical (unpaired) electrons. The van der Waals surface area contributed by atoms with Crippen molar-refractivity contribution >= 4 is 5.78 Å². The summed E-state index contributed by atoms with van der Waals surface area (Å²) in [5.41, 5.74) is 1.68. The Labute approximate surface area is 143 Å². The molecule has 0 aliphatic heterocycles. The second-order valence-corrected chi connectivity index (χ2v) is 9.08. The Balaban J connectivity index is 1.82. The predicted octanol–water partition coefficient (Wildman–Crippen LogP) is 2.85. The molecular weight excluding hydrogens is 304 g/mol. The van der Waals surface area contributed by atoms with E-state index in [9.17, 15) is 15.0 Å². The van der Waals surface area contributed by atoms with E-state index in [1.807, 2.05) is 19.5 Å². The van der Waals surface area contributed by atoms with Gasteiger partial charge < -0.3 is 14.6 Å². The lowest BCUT2D eigenvalue weighted by atomic mass is 9.40. The molecular formula is C20H28O4. The van der Waals surface area contributed by atoms with Crippen LogP contribution in [0.4, 0.5) is 0 Å². The summed E-state index contributed by atoms with van der Waals surface area (Å²) >= 11 is 0. The molecule has 4 rings (SSSR count). The standard InChI is InChI=1S/C20H28O4/c1-18-7-6-16-19(2,8-14(22)17(23)20(16,3)11-21)15(18)5-4-12-9-24-10-13(12)18/h9-10,14-16,21-22H,4-8,11H2,1-3H3/t14-,15+,16-,18+,19-,20-/m0/s1. The van der Waals surface area contributed by atoms with Crippen LogP contribution in [0.15, 0.2) is 16.9 Å². The number of Topliss-reactive ketones (excluding diaryl/α,β-unsaturated/α-hetero) is 1. The van der Waals surface area contributed by atoms with Crippen LogP contribution < -0.4 is 0 Å². The lowest BCUT2D eigenvalue weighted by Gasteiger charge is -2.64. The molecule has 1 aromatic rings. The van der Waals surface area contributed by atoms with Gasteiger partial charge in [-0.05, 0) is 65.9 Å². The Kier molecular flexibility index (Phi) is 3.37. The number of aliphatic hydroxyl groups is 2. The zero-order valence-corrected chi connectivity index (χ0v) is 14.8. The van der Waals surface area contributed by atoms with Crippen molar-refractivity contribution in [3.8, 4) is 0 Å². The number of hydrogen-bond acceptors (Lipinski definition) is 4. The van der Waals surface area contributed by atoms with Crippen molar-refractivity contribution in [3.05, 3.63) is 23.7 Å². The van der Waals surface area contributed by atoms with Crippen LogP contribution in [-0.4, -0.2) is 28.7 Å². The van der Waals surface area contributed by atoms with Crippen LogP contribution in [0.5, 0.6) is 0 Å². The number of carbonyl (C=O) groups is 1. The molecule has 0 bridgehead atoms. The molecule has 4 nitrogen and oxygen atoms in total. The molecule has 0 aromatic carbocycles. The Morgan fingerprint density at radius 3 is 2.67 bits per heavy atom. The smallest absolute Gasteiger partial charge is 0.169 e. The summed E-state index contributed by atoms with van der Waals surface area (Å²) in [7, 11) is 0. The molecule has 0 amide bonds. The zero-order valence-electron chi connectivity index (χ0n) is 14.8. The van der Waals surface area contributed by atoms with Crippen molar-refractivity contribution in [3.63, 3.8) is 0 Å². The van der Waals surface area contributed by atoms with Crippen LogP contribution in [-0.2, 0) is 16.6 Å². The van der Waals surface area contributed by atoms with Gasteiger partial charge in [0.05, 0.1) is 24.5 Å². The van der Waals surface area contributed by atoms with Crippen LogP contribution in [0.1, 0.15) is 57.6 Å². The molecule has 6 atom stereocenters. The van der Waals surface area contributed by atoms with E-state index in [1.54, 1.807) is 0 Å². The van der Waals surface area contributed by atoms with E-state index in [0.29, 0.717) is 12.3 Å². The third kappa shape index (κ3) is 1.79. The van der Waals surface area contributed by atoms with Gasteiger partial charge in [-0.1, -0.05) is 20.8 Å². The minimum absolute atomic E-state index is 0.0301. The highest BCUT2D eigenvalue weighted by Crippen LogP contribution is 2.66. The number of carbonyl (C=O) groups excluding carboxylic acids is 1. The largest absolute Gasteiger partial charge is 0.472 e. The molecule has 2 saturated carbocycles. The topological polar surface area (TPSA) is 70.7 Å². The quantitative estimate of drug-likeness (QED) is 0.829. The van der Waals surface area contributed by atoms with E-state index in [4.69, 9.17) is 4.42 Å². The summed E-state index contributed by atoms with van der Waals surface area (Å²) in [5.74, 6) is 0.343. The minimum atomic E-state index is -0.962. The number of ketones is 1. The van der Waals surface area contributed by atoms with Crippen molar-refractivity contribution < 1.29 is 19.4 Å². The monoisotopic (exact) mass is 332 g/mol. The third-order valence-corrected chi connectivity index (χ3v) is 7.97. The van der Waals surface area contributed by atoms with Gasteiger partial charge in [-0.2, -0.15) is 0 Å². The summed E-state index contributed by atoms with van der Waals surface area (Å²) in [4.78, 5) is 12.6. The number of aryl methyl sites for hydroxylation is 1. The summed E-state index contributed by atoms with van der Waals surface area (Å²) in [6.45, 7) is 6.25. The molecule has 24 heavy (non-hydrogen) atoms. The zero-order chi connectivity index (χ0) is 17.3. The molecule has 0 spiro atoms. The van der Waals surface area contributed by atoms with E-state index in [-0.39, 0.29) is 29.1 Å². The van der Waals surface area contributed by atoms with E-state index < -0.39 is 11.5 Å². The van der Waals surface area contributed by atoms with E-state index in [1.165, 1.54) is 11.1 Å². The summed E-state index contributed by atoms with van der Waals surface area (Å²) < 4.78 is 5.51. The van der Waals surface area contributed by atoms with Crippen LogP contribution in [0.25, 0.3) is 0 Å². The molecule has 0 saturated heterocycles. The van der Waals surface area contributed by atoms with Gasteiger partial charge in [0, 0.05) is 0 Å².